The number of amides is 1. The maximum Gasteiger partial charge on any atom is 0.323 e. The van der Waals surface area contributed by atoms with Crippen LogP contribution in [-0.4, -0.2) is 40.2 Å². The molecule has 1 aromatic rings. The summed E-state index contributed by atoms with van der Waals surface area (Å²) in [6.45, 7) is 1.58. The summed E-state index contributed by atoms with van der Waals surface area (Å²) in [6, 6.07) is 10.1. The van der Waals surface area contributed by atoms with E-state index in [1.54, 1.807) is 4.90 Å². The molecule has 4 nitrogen and oxygen atoms in total. The summed E-state index contributed by atoms with van der Waals surface area (Å²) in [4.78, 5) is 25.6. The van der Waals surface area contributed by atoms with Crippen LogP contribution in [0.25, 0.3) is 0 Å². The molecular formula is C18H25NO3S. The second-order valence-corrected chi connectivity index (χ2v) is 6.68. The Morgan fingerprint density at radius 1 is 1.26 bits per heavy atom. The van der Waals surface area contributed by atoms with Crippen LogP contribution in [-0.2, 0) is 9.59 Å². The molecule has 5 heteroatoms. The highest BCUT2D eigenvalue weighted by molar-refractivity contribution is 7.80. The highest BCUT2D eigenvalue weighted by Crippen LogP contribution is 2.36. The SMILES string of the molecule is CC(CS)C(=O)N(CC(=O)O)C1CCCCC1c1ccccc1. The van der Waals surface area contributed by atoms with E-state index in [1.165, 1.54) is 5.56 Å². The van der Waals surface area contributed by atoms with Gasteiger partial charge in [-0.2, -0.15) is 12.6 Å². The predicted molar refractivity (Wildman–Crippen MR) is 93.8 cm³/mol. The first-order valence-corrected chi connectivity index (χ1v) is 8.86. The maximum atomic E-state index is 12.7. The summed E-state index contributed by atoms with van der Waals surface area (Å²) in [5.41, 5.74) is 1.19. The normalized spacial score (nSPS) is 22.3. The topological polar surface area (TPSA) is 57.6 Å². The first-order valence-electron chi connectivity index (χ1n) is 8.22. The molecule has 0 aliphatic heterocycles. The number of hydrogen-bond acceptors (Lipinski definition) is 3. The molecule has 3 unspecified atom stereocenters. The van der Waals surface area contributed by atoms with E-state index in [1.807, 2.05) is 25.1 Å². The Balaban J connectivity index is 2.29. The fourth-order valence-electron chi connectivity index (χ4n) is 3.44. The Kier molecular flexibility index (Phi) is 6.51. The number of thiol groups is 1. The molecule has 1 aliphatic rings. The molecule has 0 aromatic heterocycles. The second-order valence-electron chi connectivity index (χ2n) is 6.31. The van der Waals surface area contributed by atoms with Crippen molar-refractivity contribution in [1.29, 1.82) is 0 Å². The van der Waals surface area contributed by atoms with Crippen molar-refractivity contribution in [1.82, 2.24) is 4.90 Å². The van der Waals surface area contributed by atoms with Crippen LogP contribution >= 0.6 is 12.6 Å². The van der Waals surface area contributed by atoms with E-state index in [0.717, 1.165) is 25.7 Å². The quantitative estimate of drug-likeness (QED) is 0.785. The van der Waals surface area contributed by atoms with E-state index in [2.05, 4.69) is 24.8 Å². The molecule has 3 atom stereocenters. The second kappa shape index (κ2) is 8.39. The van der Waals surface area contributed by atoms with Gasteiger partial charge in [0.2, 0.25) is 5.91 Å². The molecule has 1 N–H and O–H groups in total. The predicted octanol–water partition coefficient (Wildman–Crippen LogP) is 3.19. The number of nitrogens with zero attached hydrogens (tertiary/aromatic N) is 1. The number of aliphatic carboxylic acids is 1. The first kappa shape index (κ1) is 17.9. The minimum atomic E-state index is -0.956. The van der Waals surface area contributed by atoms with Crippen LogP contribution in [0.1, 0.15) is 44.1 Å². The van der Waals surface area contributed by atoms with Gasteiger partial charge in [-0.25, -0.2) is 0 Å². The summed E-state index contributed by atoms with van der Waals surface area (Å²) < 4.78 is 0. The van der Waals surface area contributed by atoms with Crippen molar-refractivity contribution in [3.8, 4) is 0 Å². The van der Waals surface area contributed by atoms with Gasteiger partial charge >= 0.3 is 5.97 Å². The van der Waals surface area contributed by atoms with E-state index in [-0.39, 0.29) is 30.3 Å². The first-order chi connectivity index (χ1) is 11.0. The number of carboxylic acids is 1. The van der Waals surface area contributed by atoms with E-state index in [4.69, 9.17) is 0 Å². The van der Waals surface area contributed by atoms with E-state index in [9.17, 15) is 14.7 Å². The van der Waals surface area contributed by atoms with Crippen LogP contribution in [0.3, 0.4) is 0 Å². The average molecular weight is 335 g/mol. The summed E-state index contributed by atoms with van der Waals surface area (Å²) in [5, 5.41) is 9.26. The Hall–Kier alpha value is -1.49. The van der Waals surface area contributed by atoms with Crippen molar-refractivity contribution in [3.63, 3.8) is 0 Å². The fraction of sp³-hybridized carbons (Fsp3) is 0.556. The molecule has 126 valence electrons. The lowest BCUT2D eigenvalue weighted by molar-refractivity contribution is -0.148. The van der Waals surface area contributed by atoms with Crippen LogP contribution in [0.15, 0.2) is 30.3 Å². The minimum absolute atomic E-state index is 0.0444. The van der Waals surface area contributed by atoms with Crippen LogP contribution in [0.4, 0.5) is 0 Å². The summed E-state index contributed by atoms with van der Waals surface area (Å²) in [7, 11) is 0. The number of carbonyl (C=O) groups excluding carboxylic acids is 1. The third kappa shape index (κ3) is 4.50. The summed E-state index contributed by atoms with van der Waals surface area (Å²) >= 11 is 4.20. The van der Waals surface area contributed by atoms with Gasteiger partial charge in [0, 0.05) is 23.6 Å². The zero-order chi connectivity index (χ0) is 16.8. The van der Waals surface area contributed by atoms with E-state index in [0.29, 0.717) is 5.75 Å². The van der Waals surface area contributed by atoms with Gasteiger partial charge in [0.25, 0.3) is 0 Å². The van der Waals surface area contributed by atoms with Gasteiger partial charge < -0.3 is 10.0 Å². The molecule has 23 heavy (non-hydrogen) atoms. The molecule has 1 amide bonds. The van der Waals surface area contributed by atoms with Crippen molar-refractivity contribution < 1.29 is 14.7 Å². The van der Waals surface area contributed by atoms with E-state index < -0.39 is 5.97 Å². The van der Waals surface area contributed by atoms with Crippen molar-refractivity contribution in [2.45, 2.75) is 44.6 Å². The lowest BCUT2D eigenvalue weighted by Crippen LogP contribution is -2.49. The zero-order valence-electron chi connectivity index (χ0n) is 13.5. The monoisotopic (exact) mass is 335 g/mol. The van der Waals surface area contributed by atoms with Crippen molar-refractivity contribution in [2.24, 2.45) is 5.92 Å². The Morgan fingerprint density at radius 2 is 1.91 bits per heavy atom. The van der Waals surface area contributed by atoms with E-state index >= 15 is 0 Å². The molecule has 1 aromatic carbocycles. The van der Waals surface area contributed by atoms with Crippen LogP contribution < -0.4 is 0 Å². The van der Waals surface area contributed by atoms with Crippen LogP contribution in [0.5, 0.6) is 0 Å². The zero-order valence-corrected chi connectivity index (χ0v) is 14.4. The van der Waals surface area contributed by atoms with Gasteiger partial charge in [0.05, 0.1) is 0 Å². The van der Waals surface area contributed by atoms with Crippen LogP contribution in [0, 0.1) is 5.92 Å². The molecule has 1 aliphatic carbocycles. The fourth-order valence-corrected chi connectivity index (χ4v) is 3.60. The number of carbonyl (C=O) groups is 2. The molecule has 1 fully saturated rings. The summed E-state index contributed by atoms with van der Waals surface area (Å²) in [6.07, 6.45) is 4.01. The molecule has 0 spiro atoms. The lowest BCUT2D eigenvalue weighted by atomic mass is 9.79. The molecule has 0 heterocycles. The van der Waals surface area contributed by atoms with Crippen molar-refractivity contribution in [3.05, 3.63) is 35.9 Å². The number of hydrogen-bond donors (Lipinski definition) is 2. The standard InChI is InChI=1S/C18H25NO3S/c1-13(12-23)18(22)19(11-17(20)21)16-10-6-5-9-15(16)14-7-3-2-4-8-14/h2-4,7-8,13,15-16,23H,5-6,9-12H2,1H3,(H,20,21). The van der Waals surface area contributed by atoms with Crippen molar-refractivity contribution >= 4 is 24.5 Å². The van der Waals surface area contributed by atoms with Gasteiger partial charge in [-0.15, -0.1) is 0 Å². The minimum Gasteiger partial charge on any atom is -0.480 e. The Bertz CT molecular complexity index is 534. The molecule has 2 rings (SSSR count). The Labute approximate surface area is 143 Å². The highest BCUT2D eigenvalue weighted by Gasteiger charge is 2.36. The Morgan fingerprint density at radius 3 is 2.52 bits per heavy atom. The van der Waals surface area contributed by atoms with Crippen LogP contribution in [0.2, 0.25) is 0 Å². The third-order valence-electron chi connectivity index (χ3n) is 4.64. The van der Waals surface area contributed by atoms with Gasteiger partial charge in [-0.1, -0.05) is 50.1 Å². The molecular weight excluding hydrogens is 310 g/mol. The maximum absolute atomic E-state index is 12.7. The average Bonchev–Trinajstić information content (AvgIpc) is 2.59. The van der Waals surface area contributed by atoms with Gasteiger partial charge in [-0.05, 0) is 18.4 Å². The molecule has 1 saturated carbocycles. The largest absolute Gasteiger partial charge is 0.480 e. The lowest BCUT2D eigenvalue weighted by Gasteiger charge is -2.40. The molecule has 0 bridgehead atoms. The number of benzene rings is 1. The highest BCUT2D eigenvalue weighted by atomic mass is 32.1. The van der Waals surface area contributed by atoms with Gasteiger partial charge in [0.1, 0.15) is 6.54 Å². The smallest absolute Gasteiger partial charge is 0.323 e. The number of carboxylic acid groups (broad SMARTS) is 1. The van der Waals surface area contributed by atoms with Gasteiger partial charge in [-0.3, -0.25) is 9.59 Å². The van der Waals surface area contributed by atoms with Gasteiger partial charge in [0.15, 0.2) is 0 Å². The van der Waals surface area contributed by atoms with Crippen molar-refractivity contribution in [2.75, 3.05) is 12.3 Å². The molecule has 0 radical (unpaired) electrons. The number of rotatable bonds is 6. The summed E-state index contributed by atoms with van der Waals surface area (Å²) in [5.74, 6) is -0.689. The third-order valence-corrected chi connectivity index (χ3v) is 5.19. The molecule has 0 saturated heterocycles.